The van der Waals surface area contributed by atoms with Gasteiger partial charge in [0.25, 0.3) is 0 Å². The van der Waals surface area contributed by atoms with Crippen LogP contribution in [0, 0.1) is 5.92 Å². The zero-order valence-electron chi connectivity index (χ0n) is 22.0. The van der Waals surface area contributed by atoms with Gasteiger partial charge < -0.3 is 15.3 Å². The number of rotatable bonds is 6. The maximum absolute atomic E-state index is 13.4. The Bertz CT molecular complexity index is 1110. The Balaban J connectivity index is 1.58. The van der Waals surface area contributed by atoms with Crippen molar-refractivity contribution in [3.63, 3.8) is 0 Å². The summed E-state index contributed by atoms with van der Waals surface area (Å²) in [4.78, 5) is 30.3. The Hall–Kier alpha value is -2.90. The highest BCUT2D eigenvalue weighted by atomic mass is 16.3. The molecule has 0 spiro atoms. The summed E-state index contributed by atoms with van der Waals surface area (Å²) in [6.45, 7) is 9.33. The van der Waals surface area contributed by atoms with Gasteiger partial charge >= 0.3 is 0 Å². The van der Waals surface area contributed by atoms with Crippen molar-refractivity contribution < 1.29 is 24.9 Å². The molecule has 2 fully saturated rings. The lowest BCUT2D eigenvalue weighted by atomic mass is 9.64. The van der Waals surface area contributed by atoms with Crippen molar-refractivity contribution in [1.82, 2.24) is 9.80 Å². The number of hydrogen-bond acceptors (Lipinski definition) is 6. The van der Waals surface area contributed by atoms with E-state index in [4.69, 9.17) is 0 Å². The minimum absolute atomic E-state index is 0.0604. The number of imide groups is 1. The summed E-state index contributed by atoms with van der Waals surface area (Å²) in [5.41, 5.74) is 1.95. The SMILES string of the molecule is C=CCN1CCC2CC(N3C(=O)C/C=C\C(C)=C(\CC)CC3=O)CCC2(O)C1Cc1ccc(O)c(O)c1. The fourth-order valence-corrected chi connectivity index (χ4v) is 6.61. The van der Waals surface area contributed by atoms with E-state index in [1.54, 1.807) is 12.1 Å². The van der Waals surface area contributed by atoms with Crippen molar-refractivity contribution in [3.05, 3.63) is 59.7 Å². The van der Waals surface area contributed by atoms with Crippen LogP contribution < -0.4 is 0 Å². The topological polar surface area (TPSA) is 101 Å². The lowest BCUT2D eigenvalue weighted by Gasteiger charge is -2.55. The summed E-state index contributed by atoms with van der Waals surface area (Å²) in [6.07, 6.45) is 9.77. The predicted molar refractivity (Wildman–Crippen MR) is 143 cm³/mol. The summed E-state index contributed by atoms with van der Waals surface area (Å²) < 4.78 is 0. The Kier molecular flexibility index (Phi) is 8.24. The molecule has 2 heterocycles. The molecule has 2 amide bonds. The molecule has 3 aliphatic rings. The number of phenols is 2. The molecular formula is C30H40N2O5. The number of carbonyl (C=O) groups excluding carboxylic acids is 2. The monoisotopic (exact) mass is 508 g/mol. The molecule has 7 nitrogen and oxygen atoms in total. The van der Waals surface area contributed by atoms with E-state index >= 15 is 0 Å². The molecular weight excluding hydrogens is 468 g/mol. The van der Waals surface area contributed by atoms with Gasteiger partial charge in [-0.2, -0.15) is 0 Å². The maximum Gasteiger partial charge on any atom is 0.233 e. The average Bonchev–Trinajstić information content (AvgIpc) is 2.91. The van der Waals surface area contributed by atoms with E-state index in [2.05, 4.69) is 11.5 Å². The summed E-state index contributed by atoms with van der Waals surface area (Å²) in [6, 6.07) is 4.36. The minimum Gasteiger partial charge on any atom is -0.504 e. The highest BCUT2D eigenvalue weighted by Crippen LogP contribution is 2.46. The van der Waals surface area contributed by atoms with E-state index in [1.165, 1.54) is 11.0 Å². The molecule has 4 rings (SSSR count). The van der Waals surface area contributed by atoms with Crippen LogP contribution in [0.5, 0.6) is 11.5 Å². The van der Waals surface area contributed by atoms with Crippen molar-refractivity contribution in [2.75, 3.05) is 13.1 Å². The number of amides is 2. The van der Waals surface area contributed by atoms with Crippen LogP contribution in [0.15, 0.2) is 54.2 Å². The van der Waals surface area contributed by atoms with Crippen molar-refractivity contribution in [2.24, 2.45) is 5.92 Å². The van der Waals surface area contributed by atoms with Crippen molar-refractivity contribution in [2.45, 2.75) is 82.9 Å². The van der Waals surface area contributed by atoms with Crippen molar-refractivity contribution >= 4 is 11.8 Å². The summed E-state index contributed by atoms with van der Waals surface area (Å²) in [7, 11) is 0. The first-order valence-corrected chi connectivity index (χ1v) is 13.5. The molecule has 4 unspecified atom stereocenters. The van der Waals surface area contributed by atoms with E-state index in [0.717, 1.165) is 36.1 Å². The quantitative estimate of drug-likeness (QED) is 0.302. The van der Waals surface area contributed by atoms with Crippen molar-refractivity contribution in [1.29, 1.82) is 0 Å². The van der Waals surface area contributed by atoms with Crippen LogP contribution in [0.1, 0.15) is 64.4 Å². The van der Waals surface area contributed by atoms with Gasteiger partial charge in [0, 0.05) is 31.5 Å². The van der Waals surface area contributed by atoms with Crippen molar-refractivity contribution in [3.8, 4) is 11.5 Å². The third-order valence-corrected chi connectivity index (χ3v) is 8.67. The summed E-state index contributed by atoms with van der Waals surface area (Å²) >= 11 is 0. The third kappa shape index (κ3) is 5.53. The molecule has 2 aliphatic heterocycles. The summed E-state index contributed by atoms with van der Waals surface area (Å²) in [5.74, 6) is -0.708. The van der Waals surface area contributed by atoms with Gasteiger partial charge in [-0.1, -0.05) is 42.4 Å². The molecule has 4 atom stereocenters. The number of nitrogens with zero attached hydrogens (tertiary/aromatic N) is 2. The number of phenolic OH excluding ortho intramolecular Hbond substituents is 2. The zero-order valence-corrected chi connectivity index (χ0v) is 22.0. The molecule has 0 bridgehead atoms. The number of likely N-dealkylation sites (tertiary alicyclic amines) is 1. The normalized spacial score (nSPS) is 32.3. The fourth-order valence-electron chi connectivity index (χ4n) is 6.61. The molecule has 0 aromatic heterocycles. The van der Waals surface area contributed by atoms with Crippen LogP contribution in [0.25, 0.3) is 0 Å². The van der Waals surface area contributed by atoms with E-state index in [1.807, 2.05) is 32.1 Å². The number of aromatic hydroxyl groups is 2. The number of allylic oxidation sites excluding steroid dienone is 2. The standard InChI is InChI=1S/C30H40N2O5/c1-4-14-31-15-12-23-19-24(32-28(35)8-6-7-20(3)22(5-2)18-29(32)36)11-13-30(23,37)27(31)17-21-9-10-25(33)26(34)16-21/h4,6-7,9-10,16,23-24,27,33-34,37H,1,5,8,11-15,17-19H2,2-3H3/b7-6-,22-20-. The molecule has 37 heavy (non-hydrogen) atoms. The molecule has 1 aliphatic carbocycles. The Morgan fingerprint density at radius 2 is 1.95 bits per heavy atom. The van der Waals surface area contributed by atoms with E-state index in [9.17, 15) is 24.9 Å². The lowest BCUT2D eigenvalue weighted by molar-refractivity contribution is -0.163. The molecule has 1 aromatic rings. The van der Waals surface area contributed by atoms with Crippen LogP contribution in [0.2, 0.25) is 0 Å². The van der Waals surface area contributed by atoms with Crippen LogP contribution in [0.3, 0.4) is 0 Å². The van der Waals surface area contributed by atoms with E-state index in [0.29, 0.717) is 32.2 Å². The number of carbonyl (C=O) groups is 2. The first-order chi connectivity index (χ1) is 17.7. The van der Waals surface area contributed by atoms with Gasteiger partial charge in [0.05, 0.1) is 5.60 Å². The van der Waals surface area contributed by atoms with Crippen LogP contribution in [-0.4, -0.2) is 67.7 Å². The molecule has 1 saturated carbocycles. The van der Waals surface area contributed by atoms with Gasteiger partial charge in [-0.05, 0) is 75.6 Å². The van der Waals surface area contributed by atoms with Gasteiger partial charge in [-0.25, -0.2) is 0 Å². The number of aliphatic hydroxyl groups is 1. The molecule has 3 N–H and O–H groups in total. The molecule has 7 heteroatoms. The third-order valence-electron chi connectivity index (χ3n) is 8.67. The van der Waals surface area contributed by atoms with E-state index in [-0.39, 0.29) is 54.2 Å². The smallest absolute Gasteiger partial charge is 0.233 e. The van der Waals surface area contributed by atoms with Gasteiger partial charge in [-0.15, -0.1) is 6.58 Å². The second-order valence-corrected chi connectivity index (χ2v) is 10.8. The fraction of sp³-hybridized carbons (Fsp3) is 0.533. The van der Waals surface area contributed by atoms with Crippen LogP contribution >= 0.6 is 0 Å². The first-order valence-electron chi connectivity index (χ1n) is 13.5. The predicted octanol–water partition coefficient (Wildman–Crippen LogP) is 4.23. The maximum atomic E-state index is 13.4. The molecule has 0 radical (unpaired) electrons. The van der Waals surface area contributed by atoms with Gasteiger partial charge in [-0.3, -0.25) is 19.4 Å². The number of benzene rings is 1. The lowest BCUT2D eigenvalue weighted by Crippen LogP contribution is -2.65. The Labute approximate surface area is 219 Å². The second kappa shape index (κ2) is 11.2. The first kappa shape index (κ1) is 27.1. The van der Waals surface area contributed by atoms with E-state index < -0.39 is 5.60 Å². The highest BCUT2D eigenvalue weighted by Gasteiger charge is 2.53. The summed E-state index contributed by atoms with van der Waals surface area (Å²) in [5, 5.41) is 31.9. The Morgan fingerprint density at radius 1 is 1.16 bits per heavy atom. The number of fused-ring (bicyclic) bond motifs is 1. The molecule has 1 aromatic carbocycles. The molecule has 1 saturated heterocycles. The van der Waals surface area contributed by atoms with Gasteiger partial charge in [0.2, 0.25) is 11.8 Å². The largest absolute Gasteiger partial charge is 0.504 e. The number of hydrogen-bond donors (Lipinski definition) is 3. The Morgan fingerprint density at radius 3 is 2.65 bits per heavy atom. The average molecular weight is 509 g/mol. The highest BCUT2D eigenvalue weighted by molar-refractivity contribution is 5.97. The van der Waals surface area contributed by atoms with Crippen LogP contribution in [0.4, 0.5) is 0 Å². The van der Waals surface area contributed by atoms with Gasteiger partial charge in [0.15, 0.2) is 11.5 Å². The number of piperidine rings is 1. The second-order valence-electron chi connectivity index (χ2n) is 10.8. The molecule has 200 valence electrons. The van der Waals surface area contributed by atoms with Gasteiger partial charge in [0.1, 0.15) is 0 Å². The zero-order chi connectivity index (χ0) is 26.7. The van der Waals surface area contributed by atoms with Crippen LogP contribution in [-0.2, 0) is 16.0 Å². The minimum atomic E-state index is -0.998.